The summed E-state index contributed by atoms with van der Waals surface area (Å²) in [5.74, 6) is 0. The lowest BCUT2D eigenvalue weighted by molar-refractivity contribution is 0.0725. The molecular formula is C14H20BrNO. The Labute approximate surface area is 112 Å². The summed E-state index contributed by atoms with van der Waals surface area (Å²) in [5, 5.41) is 0. The van der Waals surface area contributed by atoms with E-state index in [9.17, 15) is 0 Å². The van der Waals surface area contributed by atoms with Gasteiger partial charge in [0.15, 0.2) is 0 Å². The van der Waals surface area contributed by atoms with Crippen molar-refractivity contribution in [3.8, 4) is 0 Å². The van der Waals surface area contributed by atoms with E-state index >= 15 is 0 Å². The van der Waals surface area contributed by atoms with Gasteiger partial charge in [-0.25, -0.2) is 0 Å². The van der Waals surface area contributed by atoms with Crippen LogP contribution in [0.5, 0.6) is 0 Å². The van der Waals surface area contributed by atoms with Crippen LogP contribution in [0.4, 0.5) is 0 Å². The molecule has 94 valence electrons. The molecule has 1 fully saturated rings. The number of rotatable bonds is 5. The molecule has 0 amide bonds. The molecule has 1 saturated heterocycles. The topological polar surface area (TPSA) is 12.5 Å². The summed E-state index contributed by atoms with van der Waals surface area (Å²) < 4.78 is 6.83. The van der Waals surface area contributed by atoms with Gasteiger partial charge in [0.1, 0.15) is 0 Å². The average molecular weight is 298 g/mol. The lowest BCUT2D eigenvalue weighted by atomic mass is 10.2. The number of likely N-dealkylation sites (N-methyl/N-ethyl adjacent to an activating group) is 1. The van der Waals surface area contributed by atoms with Crippen LogP contribution in [0, 0.1) is 0 Å². The second-order valence-corrected chi connectivity index (χ2v) is 5.50. The van der Waals surface area contributed by atoms with Crippen LogP contribution < -0.4 is 0 Å². The molecule has 2 nitrogen and oxygen atoms in total. The first-order chi connectivity index (χ1) is 8.28. The first-order valence-corrected chi connectivity index (χ1v) is 7.15. The van der Waals surface area contributed by atoms with Crippen molar-refractivity contribution in [2.45, 2.75) is 32.4 Å². The fraction of sp³-hybridized carbons (Fsp3) is 0.571. The molecule has 0 bridgehead atoms. The predicted octanol–water partition coefficient (Wildman–Crippen LogP) is 3.45. The van der Waals surface area contributed by atoms with Crippen molar-refractivity contribution < 1.29 is 4.74 Å². The van der Waals surface area contributed by atoms with Crippen LogP contribution in [0.2, 0.25) is 0 Å². The second kappa shape index (κ2) is 6.53. The van der Waals surface area contributed by atoms with Crippen LogP contribution in [0.3, 0.4) is 0 Å². The van der Waals surface area contributed by atoms with Crippen LogP contribution in [0.15, 0.2) is 28.7 Å². The van der Waals surface area contributed by atoms with Crippen molar-refractivity contribution in [1.82, 2.24) is 4.90 Å². The summed E-state index contributed by atoms with van der Waals surface area (Å²) in [6.07, 6.45) is 2.89. The quantitative estimate of drug-likeness (QED) is 0.825. The fourth-order valence-electron chi connectivity index (χ4n) is 2.23. The summed E-state index contributed by atoms with van der Waals surface area (Å²) >= 11 is 3.47. The molecule has 0 aromatic heterocycles. The summed E-state index contributed by atoms with van der Waals surface area (Å²) in [6, 6.07) is 8.58. The third-order valence-electron chi connectivity index (χ3n) is 3.25. The molecule has 1 aromatic carbocycles. The van der Waals surface area contributed by atoms with Crippen LogP contribution in [-0.2, 0) is 11.3 Å². The Morgan fingerprint density at radius 1 is 1.35 bits per heavy atom. The average Bonchev–Trinajstić information content (AvgIpc) is 2.84. The number of hydrogen-bond donors (Lipinski definition) is 0. The van der Waals surface area contributed by atoms with Gasteiger partial charge in [-0.05, 0) is 37.1 Å². The van der Waals surface area contributed by atoms with Gasteiger partial charge in [-0.15, -0.1) is 0 Å². The van der Waals surface area contributed by atoms with Crippen molar-refractivity contribution >= 4 is 15.9 Å². The molecule has 0 radical (unpaired) electrons. The molecule has 2 rings (SSSR count). The van der Waals surface area contributed by atoms with Crippen LogP contribution in [-0.4, -0.2) is 30.7 Å². The second-order valence-electron chi connectivity index (χ2n) is 4.59. The lowest BCUT2D eigenvalue weighted by Gasteiger charge is -2.23. The monoisotopic (exact) mass is 297 g/mol. The highest BCUT2D eigenvalue weighted by molar-refractivity contribution is 9.10. The van der Waals surface area contributed by atoms with Gasteiger partial charge >= 0.3 is 0 Å². The molecule has 1 atom stereocenters. The van der Waals surface area contributed by atoms with Gasteiger partial charge in [0, 0.05) is 24.2 Å². The lowest BCUT2D eigenvalue weighted by Crippen LogP contribution is -2.31. The third-order valence-corrected chi connectivity index (χ3v) is 3.78. The number of hydrogen-bond acceptors (Lipinski definition) is 2. The Hall–Kier alpha value is -0.380. The highest BCUT2D eigenvalue weighted by Gasteiger charge is 2.18. The molecular weight excluding hydrogens is 278 g/mol. The van der Waals surface area contributed by atoms with E-state index in [0.29, 0.717) is 6.10 Å². The first-order valence-electron chi connectivity index (χ1n) is 6.36. The number of halogens is 1. The highest BCUT2D eigenvalue weighted by Crippen LogP contribution is 2.16. The Balaban J connectivity index is 1.87. The van der Waals surface area contributed by atoms with E-state index < -0.39 is 0 Å². The van der Waals surface area contributed by atoms with E-state index in [0.717, 1.165) is 30.7 Å². The molecule has 3 heteroatoms. The summed E-state index contributed by atoms with van der Waals surface area (Å²) in [5.41, 5.74) is 1.37. The third kappa shape index (κ3) is 4.09. The minimum absolute atomic E-state index is 0.449. The zero-order valence-electron chi connectivity index (χ0n) is 10.4. The van der Waals surface area contributed by atoms with Gasteiger partial charge < -0.3 is 4.74 Å². The van der Waals surface area contributed by atoms with Gasteiger partial charge in [-0.1, -0.05) is 35.0 Å². The number of nitrogens with zero attached hydrogens (tertiary/aromatic N) is 1. The van der Waals surface area contributed by atoms with E-state index in [1.165, 1.54) is 18.4 Å². The van der Waals surface area contributed by atoms with Crippen molar-refractivity contribution in [2.75, 3.05) is 19.7 Å². The van der Waals surface area contributed by atoms with E-state index in [1.807, 2.05) is 0 Å². The largest absolute Gasteiger partial charge is 0.377 e. The van der Waals surface area contributed by atoms with E-state index in [-0.39, 0.29) is 0 Å². The Kier molecular flexibility index (Phi) is 5.01. The zero-order valence-corrected chi connectivity index (χ0v) is 11.9. The number of ether oxygens (including phenoxy) is 1. The van der Waals surface area contributed by atoms with Crippen LogP contribution in [0.1, 0.15) is 25.3 Å². The molecule has 1 aliphatic rings. The normalized spacial score (nSPS) is 20.1. The van der Waals surface area contributed by atoms with E-state index in [1.54, 1.807) is 0 Å². The number of benzene rings is 1. The van der Waals surface area contributed by atoms with Crippen molar-refractivity contribution in [1.29, 1.82) is 0 Å². The zero-order chi connectivity index (χ0) is 12.1. The van der Waals surface area contributed by atoms with Gasteiger partial charge in [0.2, 0.25) is 0 Å². The maximum absolute atomic E-state index is 5.69. The highest BCUT2D eigenvalue weighted by atomic mass is 79.9. The Bertz CT molecular complexity index is 333. The SMILES string of the molecule is CCN(Cc1ccc(Br)cc1)CC1CCCO1. The van der Waals surface area contributed by atoms with Crippen molar-refractivity contribution in [3.05, 3.63) is 34.3 Å². The molecule has 0 saturated carbocycles. The Morgan fingerprint density at radius 2 is 2.12 bits per heavy atom. The molecule has 1 heterocycles. The van der Waals surface area contributed by atoms with E-state index in [4.69, 9.17) is 4.74 Å². The molecule has 0 aliphatic carbocycles. The van der Waals surface area contributed by atoms with Gasteiger partial charge in [0.25, 0.3) is 0 Å². The molecule has 0 N–H and O–H groups in total. The van der Waals surface area contributed by atoms with Crippen LogP contribution >= 0.6 is 15.9 Å². The maximum Gasteiger partial charge on any atom is 0.0702 e. The maximum atomic E-state index is 5.69. The summed E-state index contributed by atoms with van der Waals surface area (Å²) in [7, 11) is 0. The minimum atomic E-state index is 0.449. The minimum Gasteiger partial charge on any atom is -0.377 e. The molecule has 1 aliphatic heterocycles. The van der Waals surface area contributed by atoms with Crippen molar-refractivity contribution in [2.24, 2.45) is 0 Å². The molecule has 0 spiro atoms. The van der Waals surface area contributed by atoms with Gasteiger partial charge in [-0.3, -0.25) is 4.90 Å². The summed E-state index contributed by atoms with van der Waals surface area (Å²) in [4.78, 5) is 2.46. The predicted molar refractivity (Wildman–Crippen MR) is 74.1 cm³/mol. The molecule has 17 heavy (non-hydrogen) atoms. The van der Waals surface area contributed by atoms with Gasteiger partial charge in [0.05, 0.1) is 6.10 Å². The smallest absolute Gasteiger partial charge is 0.0702 e. The Morgan fingerprint density at radius 3 is 2.71 bits per heavy atom. The van der Waals surface area contributed by atoms with Crippen molar-refractivity contribution in [3.63, 3.8) is 0 Å². The van der Waals surface area contributed by atoms with Gasteiger partial charge in [-0.2, -0.15) is 0 Å². The first kappa shape index (κ1) is 13.1. The fourth-order valence-corrected chi connectivity index (χ4v) is 2.49. The standard InChI is InChI=1S/C14H20BrNO/c1-2-16(11-14-4-3-9-17-14)10-12-5-7-13(15)8-6-12/h5-8,14H,2-4,9-11H2,1H3. The van der Waals surface area contributed by atoms with Crippen LogP contribution in [0.25, 0.3) is 0 Å². The van der Waals surface area contributed by atoms with E-state index in [2.05, 4.69) is 52.0 Å². The molecule has 1 aromatic rings. The summed E-state index contributed by atoms with van der Waals surface area (Å²) in [6.45, 7) is 6.32. The molecule has 1 unspecified atom stereocenters.